The molecule has 11 nitrogen and oxygen atoms in total. The van der Waals surface area contributed by atoms with E-state index in [4.69, 9.17) is 5.14 Å². The Morgan fingerprint density at radius 2 is 1.89 bits per heavy atom. The Bertz CT molecular complexity index is 1360. The number of nitrogens with zero attached hydrogens (tertiary/aromatic N) is 5. The summed E-state index contributed by atoms with van der Waals surface area (Å²) in [6.45, 7) is 7.43. The Kier molecular flexibility index (Phi) is 6.45. The summed E-state index contributed by atoms with van der Waals surface area (Å²) in [6.07, 6.45) is 5.54. The van der Waals surface area contributed by atoms with Gasteiger partial charge in [0.05, 0.1) is 22.5 Å². The van der Waals surface area contributed by atoms with Gasteiger partial charge in [-0.15, -0.1) is 0 Å². The van der Waals surface area contributed by atoms with E-state index in [1.54, 1.807) is 36.4 Å². The fourth-order valence-electron chi connectivity index (χ4n) is 4.83. The van der Waals surface area contributed by atoms with Crippen molar-refractivity contribution in [2.75, 3.05) is 5.32 Å². The molecule has 0 atom stereocenters. The van der Waals surface area contributed by atoms with Crippen molar-refractivity contribution in [1.82, 2.24) is 24.6 Å². The second-order valence-corrected chi connectivity index (χ2v) is 11.5. The van der Waals surface area contributed by atoms with Gasteiger partial charge in [-0.2, -0.15) is 10.1 Å². The maximum Gasteiger partial charge on any atom is 0.407 e. The molecule has 1 amide bonds. The number of rotatable bonds is 5. The third-order valence-electron chi connectivity index (χ3n) is 6.39. The van der Waals surface area contributed by atoms with Crippen molar-refractivity contribution in [2.24, 2.45) is 5.14 Å². The number of carbonyl (C=O) groups is 1. The van der Waals surface area contributed by atoms with Crippen LogP contribution in [0.5, 0.6) is 0 Å². The highest BCUT2D eigenvalue weighted by molar-refractivity contribution is 7.89. The number of amides is 1. The number of fused-ring (bicyclic) bond motifs is 1. The number of nitrogens with two attached hydrogens (primary N) is 1. The fourth-order valence-corrected chi connectivity index (χ4v) is 5.64. The lowest BCUT2D eigenvalue weighted by atomic mass is 9.88. The normalized spacial score (nSPS) is 19.0. The van der Waals surface area contributed by atoms with E-state index < -0.39 is 21.7 Å². The summed E-state index contributed by atoms with van der Waals surface area (Å²) in [7, 11) is -3.86. The molecule has 0 aliphatic heterocycles. The zero-order chi connectivity index (χ0) is 25.5. The molecule has 0 bridgehead atoms. The summed E-state index contributed by atoms with van der Waals surface area (Å²) < 4.78 is 25.6. The highest BCUT2D eigenvalue weighted by Crippen LogP contribution is 2.35. The second-order valence-electron chi connectivity index (χ2n) is 10.00. The summed E-state index contributed by atoms with van der Waals surface area (Å²) in [4.78, 5) is 22.4. The highest BCUT2D eigenvalue weighted by Gasteiger charge is 2.36. The maximum atomic E-state index is 11.9. The molecule has 12 heteroatoms. The van der Waals surface area contributed by atoms with Crippen molar-refractivity contribution in [3.8, 4) is 0 Å². The number of benzene rings is 1. The molecular formula is C23H31N7O4S. The summed E-state index contributed by atoms with van der Waals surface area (Å²) in [5, 5.41) is 23.4. The van der Waals surface area contributed by atoms with E-state index >= 15 is 0 Å². The number of sulfonamides is 1. The van der Waals surface area contributed by atoms with E-state index in [9.17, 15) is 18.3 Å². The summed E-state index contributed by atoms with van der Waals surface area (Å²) >= 11 is 0. The predicted molar refractivity (Wildman–Crippen MR) is 132 cm³/mol. The SMILES string of the molecule is Cc1ccc(Nc2ncc3cnn(C4CCC(N(C(=O)O)C(C)(C)C)CC4)c3n2)cc1S(N)(=O)=O. The van der Waals surface area contributed by atoms with Gasteiger partial charge in [0.15, 0.2) is 5.65 Å². The van der Waals surface area contributed by atoms with Crippen molar-refractivity contribution >= 4 is 38.8 Å². The molecule has 0 unspecified atom stereocenters. The van der Waals surface area contributed by atoms with Gasteiger partial charge in [0.2, 0.25) is 16.0 Å². The Hall–Kier alpha value is -3.25. The molecule has 1 aliphatic carbocycles. The minimum absolute atomic E-state index is 0.0352. The lowest BCUT2D eigenvalue weighted by Crippen LogP contribution is -2.52. The van der Waals surface area contributed by atoms with Crippen LogP contribution in [0, 0.1) is 6.92 Å². The Labute approximate surface area is 204 Å². The van der Waals surface area contributed by atoms with Crippen LogP contribution in [0.1, 0.15) is 58.1 Å². The maximum absolute atomic E-state index is 11.9. The quantitative estimate of drug-likeness (QED) is 0.477. The molecule has 0 spiro atoms. The number of hydrogen-bond donors (Lipinski definition) is 3. The van der Waals surface area contributed by atoms with Crippen molar-refractivity contribution in [1.29, 1.82) is 0 Å². The first-order valence-electron chi connectivity index (χ1n) is 11.5. The average Bonchev–Trinajstić information content (AvgIpc) is 3.17. The smallest absolute Gasteiger partial charge is 0.407 e. The minimum Gasteiger partial charge on any atom is -0.465 e. The van der Waals surface area contributed by atoms with Crippen LogP contribution >= 0.6 is 0 Å². The monoisotopic (exact) mass is 501 g/mol. The molecule has 1 aromatic carbocycles. The molecule has 1 fully saturated rings. The molecule has 35 heavy (non-hydrogen) atoms. The van der Waals surface area contributed by atoms with Crippen molar-refractivity contribution < 1.29 is 18.3 Å². The molecule has 4 N–H and O–H groups in total. The van der Waals surface area contributed by atoms with Gasteiger partial charge in [-0.05, 0) is 71.1 Å². The van der Waals surface area contributed by atoms with Gasteiger partial charge >= 0.3 is 6.09 Å². The van der Waals surface area contributed by atoms with Crippen LogP contribution in [0.3, 0.4) is 0 Å². The van der Waals surface area contributed by atoms with Gasteiger partial charge in [-0.25, -0.2) is 28.0 Å². The van der Waals surface area contributed by atoms with E-state index in [-0.39, 0.29) is 17.0 Å². The van der Waals surface area contributed by atoms with E-state index in [2.05, 4.69) is 20.4 Å². The van der Waals surface area contributed by atoms with Gasteiger partial charge in [0.1, 0.15) is 0 Å². The molecule has 188 valence electrons. The molecule has 4 rings (SSSR count). The third-order valence-corrected chi connectivity index (χ3v) is 7.44. The van der Waals surface area contributed by atoms with Crippen LogP contribution in [-0.4, -0.2) is 55.8 Å². The standard InChI is InChI=1S/C23H31N7O4S/c1-14-5-6-16(11-19(14)35(24,33)34)27-21-25-12-15-13-26-30(20(15)28-21)18-9-7-17(8-10-18)29(22(31)32)23(2,3)4/h5-6,11-13,17-18H,7-10H2,1-4H3,(H,31,32)(H2,24,33,34)(H,25,27,28). The number of anilines is 2. The van der Waals surface area contributed by atoms with E-state index in [1.165, 1.54) is 6.07 Å². The molecule has 3 aromatic rings. The van der Waals surface area contributed by atoms with Gasteiger partial charge in [0.25, 0.3) is 0 Å². The predicted octanol–water partition coefficient (Wildman–Crippen LogP) is 3.79. The molecule has 2 heterocycles. The largest absolute Gasteiger partial charge is 0.465 e. The lowest BCUT2D eigenvalue weighted by molar-refractivity contribution is 0.0506. The van der Waals surface area contributed by atoms with Crippen LogP contribution < -0.4 is 10.5 Å². The first-order chi connectivity index (χ1) is 16.3. The van der Waals surface area contributed by atoms with Crippen LogP contribution in [-0.2, 0) is 10.0 Å². The molecule has 0 saturated heterocycles. The number of nitrogens with one attached hydrogen (secondary N) is 1. The van der Waals surface area contributed by atoms with Gasteiger partial charge in [-0.3, -0.25) is 0 Å². The van der Waals surface area contributed by atoms with Gasteiger partial charge < -0.3 is 15.3 Å². The highest BCUT2D eigenvalue weighted by atomic mass is 32.2. The number of hydrogen-bond acceptors (Lipinski definition) is 7. The molecule has 1 aliphatic rings. The first kappa shape index (κ1) is 24.9. The van der Waals surface area contributed by atoms with Crippen LogP contribution in [0.15, 0.2) is 35.5 Å². The van der Waals surface area contributed by atoms with E-state index in [1.807, 2.05) is 25.5 Å². The van der Waals surface area contributed by atoms with Crippen LogP contribution in [0.4, 0.5) is 16.4 Å². The van der Waals surface area contributed by atoms with Gasteiger partial charge in [-0.1, -0.05) is 6.07 Å². The third kappa shape index (κ3) is 5.22. The first-order valence-corrected chi connectivity index (χ1v) is 13.0. The van der Waals surface area contributed by atoms with Crippen LogP contribution in [0.25, 0.3) is 11.0 Å². The molecule has 2 aromatic heterocycles. The Morgan fingerprint density at radius 1 is 1.20 bits per heavy atom. The van der Waals surface area contributed by atoms with Crippen molar-refractivity contribution in [3.63, 3.8) is 0 Å². The Morgan fingerprint density at radius 3 is 2.49 bits per heavy atom. The summed E-state index contributed by atoms with van der Waals surface area (Å²) in [5.41, 5.74) is 1.25. The number of carboxylic acid groups (broad SMARTS) is 1. The van der Waals surface area contributed by atoms with E-state index in [0.29, 0.717) is 22.8 Å². The zero-order valence-electron chi connectivity index (χ0n) is 20.3. The molecule has 1 saturated carbocycles. The fraction of sp³-hybridized carbons (Fsp3) is 0.478. The topological polar surface area (TPSA) is 156 Å². The number of primary sulfonamides is 1. The minimum atomic E-state index is -3.86. The molecular weight excluding hydrogens is 470 g/mol. The number of aryl methyl sites for hydroxylation is 1. The summed E-state index contributed by atoms with van der Waals surface area (Å²) in [5.74, 6) is 0.307. The van der Waals surface area contributed by atoms with Crippen LogP contribution in [0.2, 0.25) is 0 Å². The summed E-state index contributed by atoms with van der Waals surface area (Å²) in [6, 6.07) is 4.92. The second kappa shape index (κ2) is 9.08. The zero-order valence-corrected chi connectivity index (χ0v) is 21.1. The number of aromatic nitrogens is 4. The Balaban J connectivity index is 1.55. The van der Waals surface area contributed by atoms with Crippen molar-refractivity contribution in [3.05, 3.63) is 36.2 Å². The van der Waals surface area contributed by atoms with E-state index in [0.717, 1.165) is 31.1 Å². The van der Waals surface area contributed by atoms with Gasteiger partial charge in [0, 0.05) is 23.5 Å². The van der Waals surface area contributed by atoms with Crippen molar-refractivity contribution in [2.45, 2.75) is 75.9 Å². The molecule has 0 radical (unpaired) electrons. The average molecular weight is 502 g/mol. The lowest BCUT2D eigenvalue weighted by Gasteiger charge is -2.42.